The molecule has 1 amide bonds. The first-order valence-corrected chi connectivity index (χ1v) is 8.04. The van der Waals surface area contributed by atoms with E-state index in [1.165, 1.54) is 5.69 Å². The van der Waals surface area contributed by atoms with E-state index in [-0.39, 0.29) is 11.8 Å². The summed E-state index contributed by atoms with van der Waals surface area (Å²) in [6.07, 6.45) is 0.728. The molecule has 23 heavy (non-hydrogen) atoms. The van der Waals surface area contributed by atoms with Gasteiger partial charge in [-0.05, 0) is 24.1 Å². The highest BCUT2D eigenvalue weighted by Crippen LogP contribution is 2.26. The Bertz CT molecular complexity index is 702. The number of hydrogen-bond acceptors (Lipinski definition) is 4. The molecule has 0 aliphatic carbocycles. The molecule has 2 aliphatic heterocycles. The Hall–Kier alpha value is -2.34. The van der Waals surface area contributed by atoms with Crippen molar-refractivity contribution < 1.29 is 9.53 Å². The van der Waals surface area contributed by atoms with Crippen LogP contribution in [0, 0.1) is 5.92 Å². The van der Waals surface area contributed by atoms with Gasteiger partial charge in [0.1, 0.15) is 12.4 Å². The molecule has 0 bridgehead atoms. The first kappa shape index (κ1) is 14.3. The van der Waals surface area contributed by atoms with E-state index in [1.54, 1.807) is 0 Å². The molecule has 120 valence electrons. The predicted molar refractivity (Wildman–Crippen MR) is 84.9 cm³/mol. The fourth-order valence-electron chi connectivity index (χ4n) is 3.16. The van der Waals surface area contributed by atoms with Crippen LogP contribution in [-0.2, 0) is 30.8 Å². The number of nitrogens with zero attached hydrogens (tertiary/aromatic N) is 2. The van der Waals surface area contributed by atoms with E-state index >= 15 is 0 Å². The summed E-state index contributed by atoms with van der Waals surface area (Å²) in [6.45, 7) is 3.58. The summed E-state index contributed by atoms with van der Waals surface area (Å²) in [7, 11) is 0. The van der Waals surface area contributed by atoms with E-state index in [4.69, 9.17) is 4.74 Å². The zero-order chi connectivity index (χ0) is 15.6. The van der Waals surface area contributed by atoms with Gasteiger partial charge in [-0.3, -0.25) is 9.48 Å². The van der Waals surface area contributed by atoms with Crippen LogP contribution < -0.4 is 15.4 Å². The van der Waals surface area contributed by atoms with Crippen LogP contribution in [0.2, 0.25) is 0 Å². The molecule has 1 atom stereocenters. The normalized spacial score (nSPS) is 19.4. The van der Waals surface area contributed by atoms with Crippen molar-refractivity contribution in [3.63, 3.8) is 0 Å². The number of carbonyl (C=O) groups excluding carboxylic acids is 1. The topological polar surface area (TPSA) is 68.2 Å². The largest absolute Gasteiger partial charge is 0.492 e. The zero-order valence-electron chi connectivity index (χ0n) is 12.9. The molecule has 0 radical (unpaired) electrons. The predicted octanol–water partition coefficient (Wildman–Crippen LogP) is 0.854. The maximum atomic E-state index is 12.4. The van der Waals surface area contributed by atoms with Crippen LogP contribution in [0.1, 0.15) is 17.0 Å². The third-order valence-electron chi connectivity index (χ3n) is 4.41. The molecule has 6 nitrogen and oxygen atoms in total. The van der Waals surface area contributed by atoms with Gasteiger partial charge in [-0.2, -0.15) is 5.10 Å². The molecular formula is C17H20N4O2. The highest BCUT2D eigenvalue weighted by molar-refractivity contribution is 5.79. The first-order valence-electron chi connectivity index (χ1n) is 8.04. The van der Waals surface area contributed by atoms with Gasteiger partial charge in [-0.15, -0.1) is 0 Å². The van der Waals surface area contributed by atoms with Crippen LogP contribution in [0.3, 0.4) is 0 Å². The van der Waals surface area contributed by atoms with Crippen LogP contribution in [0.5, 0.6) is 5.75 Å². The maximum Gasteiger partial charge on any atom is 0.227 e. The summed E-state index contributed by atoms with van der Waals surface area (Å²) < 4.78 is 7.70. The minimum absolute atomic E-state index is 0.0311. The third-order valence-corrected chi connectivity index (χ3v) is 4.41. The fourth-order valence-corrected chi connectivity index (χ4v) is 3.16. The van der Waals surface area contributed by atoms with E-state index < -0.39 is 0 Å². The lowest BCUT2D eigenvalue weighted by molar-refractivity contribution is -0.126. The number of hydrogen-bond donors (Lipinski definition) is 2. The van der Waals surface area contributed by atoms with Gasteiger partial charge in [-0.1, -0.05) is 18.2 Å². The van der Waals surface area contributed by atoms with E-state index in [2.05, 4.69) is 21.8 Å². The number of aromatic nitrogens is 2. The summed E-state index contributed by atoms with van der Waals surface area (Å²) in [5, 5.41) is 10.8. The second-order valence-electron chi connectivity index (χ2n) is 6.06. The van der Waals surface area contributed by atoms with Crippen LogP contribution in [0.4, 0.5) is 0 Å². The molecule has 3 heterocycles. The molecule has 2 N–H and O–H groups in total. The summed E-state index contributed by atoms with van der Waals surface area (Å²) in [5.74, 6) is 0.790. The molecule has 4 rings (SSSR count). The number of benzene rings is 1. The van der Waals surface area contributed by atoms with Gasteiger partial charge in [0.05, 0.1) is 30.4 Å². The lowest BCUT2D eigenvalue weighted by atomic mass is 9.96. The van der Waals surface area contributed by atoms with Crippen molar-refractivity contribution in [1.82, 2.24) is 20.4 Å². The summed E-state index contributed by atoms with van der Waals surface area (Å²) in [5.41, 5.74) is 3.19. The number of nitrogens with one attached hydrogen (secondary N) is 2. The van der Waals surface area contributed by atoms with Crippen LogP contribution in [0.25, 0.3) is 0 Å². The van der Waals surface area contributed by atoms with Crippen LogP contribution in [0.15, 0.2) is 30.3 Å². The molecule has 2 aromatic rings. The zero-order valence-corrected chi connectivity index (χ0v) is 12.9. The average molecular weight is 312 g/mol. The van der Waals surface area contributed by atoms with Gasteiger partial charge in [0.25, 0.3) is 0 Å². The van der Waals surface area contributed by atoms with Crippen molar-refractivity contribution in [1.29, 1.82) is 0 Å². The highest BCUT2D eigenvalue weighted by atomic mass is 16.5. The maximum absolute atomic E-state index is 12.4. The van der Waals surface area contributed by atoms with Crippen molar-refractivity contribution in [3.05, 3.63) is 47.3 Å². The summed E-state index contributed by atoms with van der Waals surface area (Å²) in [4.78, 5) is 12.4. The Kier molecular flexibility index (Phi) is 3.75. The van der Waals surface area contributed by atoms with Crippen molar-refractivity contribution in [2.24, 2.45) is 5.92 Å². The molecule has 1 unspecified atom stereocenters. The van der Waals surface area contributed by atoms with E-state index in [0.717, 1.165) is 43.1 Å². The van der Waals surface area contributed by atoms with Gasteiger partial charge in [0, 0.05) is 13.1 Å². The number of para-hydroxylation sites is 1. The Morgan fingerprint density at radius 2 is 2.35 bits per heavy atom. The van der Waals surface area contributed by atoms with Gasteiger partial charge < -0.3 is 15.4 Å². The molecular weight excluding hydrogens is 292 g/mol. The lowest BCUT2D eigenvalue weighted by Gasteiger charge is -2.24. The number of rotatable bonds is 3. The average Bonchev–Trinajstić information content (AvgIpc) is 3.02. The van der Waals surface area contributed by atoms with E-state index in [0.29, 0.717) is 13.2 Å². The molecule has 2 aliphatic rings. The molecule has 1 aromatic heterocycles. The summed E-state index contributed by atoms with van der Waals surface area (Å²) in [6, 6.07) is 9.96. The quantitative estimate of drug-likeness (QED) is 0.882. The minimum atomic E-state index is -0.135. The Morgan fingerprint density at radius 3 is 3.26 bits per heavy atom. The van der Waals surface area contributed by atoms with Crippen LogP contribution in [-0.4, -0.2) is 28.8 Å². The molecule has 0 spiro atoms. The second-order valence-corrected chi connectivity index (χ2v) is 6.06. The Morgan fingerprint density at radius 1 is 1.43 bits per heavy atom. The number of amides is 1. The number of ether oxygens (including phenoxy) is 1. The molecule has 1 aromatic carbocycles. The van der Waals surface area contributed by atoms with Crippen molar-refractivity contribution in [2.45, 2.75) is 26.1 Å². The molecule has 0 saturated carbocycles. The lowest BCUT2D eigenvalue weighted by Crippen LogP contribution is -2.37. The van der Waals surface area contributed by atoms with E-state index in [9.17, 15) is 4.79 Å². The monoisotopic (exact) mass is 312 g/mol. The molecule has 6 heteroatoms. The Labute approximate surface area is 134 Å². The first-order chi connectivity index (χ1) is 11.3. The molecule has 0 saturated heterocycles. The standard InChI is InChI=1S/C17H20N4O2/c22-17(13-7-12-3-1-2-4-16(12)23-11-13)19-9-14-8-15-10-18-5-6-21(15)20-14/h1-4,8,13,18H,5-7,9-11H2,(H,19,22). The SMILES string of the molecule is O=C(NCc1cc2n(n1)CCNC2)C1COc2ccccc2C1. The van der Waals surface area contributed by atoms with Gasteiger partial charge in [-0.25, -0.2) is 0 Å². The van der Waals surface area contributed by atoms with Crippen molar-refractivity contribution in [2.75, 3.05) is 13.2 Å². The smallest absolute Gasteiger partial charge is 0.227 e. The van der Waals surface area contributed by atoms with E-state index in [1.807, 2.05) is 28.9 Å². The molecule has 0 fully saturated rings. The second kappa shape index (κ2) is 6.04. The van der Waals surface area contributed by atoms with Gasteiger partial charge in [0.15, 0.2) is 0 Å². The van der Waals surface area contributed by atoms with Crippen molar-refractivity contribution in [3.8, 4) is 5.75 Å². The van der Waals surface area contributed by atoms with Gasteiger partial charge in [0.2, 0.25) is 5.91 Å². The fraction of sp³-hybridized carbons (Fsp3) is 0.412. The minimum Gasteiger partial charge on any atom is -0.492 e. The summed E-state index contributed by atoms with van der Waals surface area (Å²) >= 11 is 0. The Balaban J connectivity index is 1.36. The highest BCUT2D eigenvalue weighted by Gasteiger charge is 2.25. The third kappa shape index (κ3) is 2.94. The number of carbonyl (C=O) groups is 1. The number of fused-ring (bicyclic) bond motifs is 2. The van der Waals surface area contributed by atoms with Crippen molar-refractivity contribution >= 4 is 5.91 Å². The van der Waals surface area contributed by atoms with Gasteiger partial charge >= 0.3 is 0 Å². The van der Waals surface area contributed by atoms with Crippen LogP contribution >= 0.6 is 0 Å².